The molecular formula is C28H37N5O4. The van der Waals surface area contributed by atoms with E-state index in [9.17, 15) is 4.79 Å². The minimum absolute atomic E-state index is 0.0759. The Labute approximate surface area is 218 Å². The molecule has 2 aromatic rings. The first-order valence-corrected chi connectivity index (χ1v) is 12.6. The first kappa shape index (κ1) is 28.0. The molecule has 0 spiro atoms. The van der Waals surface area contributed by atoms with E-state index in [1.807, 2.05) is 55.5 Å². The van der Waals surface area contributed by atoms with E-state index in [1.165, 1.54) is 0 Å². The molecular weight excluding hydrogens is 470 g/mol. The summed E-state index contributed by atoms with van der Waals surface area (Å²) in [4.78, 5) is 21.6. The molecule has 2 aromatic carbocycles. The van der Waals surface area contributed by atoms with Gasteiger partial charge in [-0.15, -0.1) is 0 Å². The average molecular weight is 508 g/mol. The Morgan fingerprint density at radius 1 is 1.22 bits per heavy atom. The molecule has 9 heteroatoms. The zero-order valence-corrected chi connectivity index (χ0v) is 22.1. The Balaban J connectivity index is 1.93. The number of nitrogens with zero attached hydrogens (tertiary/aromatic N) is 4. The van der Waals surface area contributed by atoms with E-state index in [1.54, 1.807) is 0 Å². The van der Waals surface area contributed by atoms with Crippen LogP contribution in [0.15, 0.2) is 58.6 Å². The highest BCUT2D eigenvalue weighted by Crippen LogP contribution is 2.34. The van der Waals surface area contributed by atoms with Gasteiger partial charge in [-0.25, -0.2) is 4.99 Å². The fraction of sp³-hybridized carbons (Fsp3) is 0.500. The van der Waals surface area contributed by atoms with Gasteiger partial charge in [0.15, 0.2) is 5.54 Å². The molecule has 3 rings (SSSR count). The Bertz CT molecular complexity index is 1140. The van der Waals surface area contributed by atoms with E-state index < -0.39 is 11.6 Å². The van der Waals surface area contributed by atoms with Gasteiger partial charge in [0.05, 0.1) is 13.2 Å². The highest BCUT2D eigenvalue weighted by atomic mass is 16.5. The lowest BCUT2D eigenvalue weighted by atomic mass is 9.84. The molecule has 0 aliphatic carbocycles. The number of amides is 1. The lowest BCUT2D eigenvalue weighted by Gasteiger charge is -2.29. The molecule has 0 fully saturated rings. The number of rotatable bonds is 12. The molecule has 198 valence electrons. The van der Waals surface area contributed by atoms with Crippen LogP contribution in [0.4, 0.5) is 0 Å². The number of carbonyl (C=O) groups is 1. The number of azide groups is 1. The molecule has 37 heavy (non-hydrogen) atoms. The first-order chi connectivity index (χ1) is 17.7. The maximum Gasteiger partial charge on any atom is 0.252 e. The fourth-order valence-electron chi connectivity index (χ4n) is 4.13. The summed E-state index contributed by atoms with van der Waals surface area (Å²) in [5, 5.41) is 15.8. The summed E-state index contributed by atoms with van der Waals surface area (Å²) in [6, 6.07) is 15.0. The van der Waals surface area contributed by atoms with Gasteiger partial charge in [0.25, 0.3) is 5.91 Å². The van der Waals surface area contributed by atoms with E-state index in [4.69, 9.17) is 25.1 Å². The Hall–Kier alpha value is -3.55. The molecule has 9 nitrogen and oxygen atoms in total. The van der Waals surface area contributed by atoms with Crippen molar-refractivity contribution < 1.29 is 19.4 Å². The van der Waals surface area contributed by atoms with Crippen LogP contribution in [-0.4, -0.2) is 48.3 Å². The summed E-state index contributed by atoms with van der Waals surface area (Å²) in [6.45, 7) is 9.49. The summed E-state index contributed by atoms with van der Waals surface area (Å²) < 4.78 is 11.8. The maximum atomic E-state index is 13.8. The zero-order chi connectivity index (χ0) is 26.9. The summed E-state index contributed by atoms with van der Waals surface area (Å²) in [5.74, 6) is 0.886. The highest BCUT2D eigenvalue weighted by molar-refractivity contribution is 6.00. The van der Waals surface area contributed by atoms with E-state index in [0.29, 0.717) is 37.6 Å². The molecule has 0 radical (unpaired) electrons. The standard InChI is InChI=1S/C28H37N5O4/c1-20-28(26(35)30-15-14-27(2,3)4,18-22-8-5-6-9-23(22)19-31-33-29)32-25(37-20)21-10-12-24(13-11-21)36-17-7-16-34/h5-6,8-13,20,34H,7,14-19H2,1-4H3,(H,30,35)/t20-,28-/m1/s1. The van der Waals surface area contributed by atoms with Crippen molar-refractivity contribution in [3.05, 3.63) is 75.7 Å². The maximum absolute atomic E-state index is 13.8. The third-order valence-electron chi connectivity index (χ3n) is 6.37. The van der Waals surface area contributed by atoms with Crippen molar-refractivity contribution in [1.82, 2.24) is 5.32 Å². The van der Waals surface area contributed by atoms with Crippen LogP contribution >= 0.6 is 0 Å². The summed E-state index contributed by atoms with van der Waals surface area (Å²) in [6.07, 6.45) is 1.16. The van der Waals surface area contributed by atoms with Gasteiger partial charge in [-0.3, -0.25) is 4.79 Å². The van der Waals surface area contributed by atoms with E-state index >= 15 is 0 Å². The SMILES string of the molecule is C[C@H]1OC(c2ccc(OCCCO)cc2)=N[C@@]1(Cc1ccccc1CN=[N+]=[N-])C(=O)NCCC(C)(C)C. The van der Waals surface area contributed by atoms with Gasteiger partial charge in [-0.05, 0) is 59.7 Å². The minimum atomic E-state index is -1.18. The molecule has 1 amide bonds. The van der Waals surface area contributed by atoms with Crippen molar-refractivity contribution in [3.63, 3.8) is 0 Å². The van der Waals surface area contributed by atoms with Crippen LogP contribution < -0.4 is 10.1 Å². The van der Waals surface area contributed by atoms with Crippen LogP contribution in [-0.2, 0) is 22.5 Å². The number of nitrogens with one attached hydrogen (secondary N) is 1. The van der Waals surface area contributed by atoms with Crippen LogP contribution in [0.5, 0.6) is 5.75 Å². The van der Waals surface area contributed by atoms with Crippen molar-refractivity contribution in [2.24, 2.45) is 15.5 Å². The highest BCUT2D eigenvalue weighted by Gasteiger charge is 2.50. The molecule has 2 atom stereocenters. The van der Waals surface area contributed by atoms with Crippen LogP contribution in [0.25, 0.3) is 10.4 Å². The normalized spacial score (nSPS) is 18.9. The third kappa shape index (κ3) is 7.47. The Morgan fingerprint density at radius 3 is 2.57 bits per heavy atom. The number of aliphatic hydroxyl groups is 1. The second kappa shape index (κ2) is 12.6. The fourth-order valence-corrected chi connectivity index (χ4v) is 4.13. The van der Waals surface area contributed by atoms with Crippen molar-refractivity contribution in [2.45, 2.75) is 65.1 Å². The summed E-state index contributed by atoms with van der Waals surface area (Å²) in [5.41, 5.74) is 10.2. The predicted octanol–water partition coefficient (Wildman–Crippen LogP) is 4.96. The van der Waals surface area contributed by atoms with Crippen LogP contribution in [0.2, 0.25) is 0 Å². The second-order valence-corrected chi connectivity index (χ2v) is 10.5. The van der Waals surface area contributed by atoms with Gasteiger partial charge in [0.1, 0.15) is 11.9 Å². The largest absolute Gasteiger partial charge is 0.494 e. The van der Waals surface area contributed by atoms with Gasteiger partial charge in [-0.1, -0.05) is 50.2 Å². The van der Waals surface area contributed by atoms with Gasteiger partial charge in [0.2, 0.25) is 5.90 Å². The van der Waals surface area contributed by atoms with Crippen molar-refractivity contribution in [1.29, 1.82) is 0 Å². The molecule has 1 heterocycles. The quantitative estimate of drug-likeness (QED) is 0.182. The molecule has 2 N–H and O–H groups in total. The van der Waals surface area contributed by atoms with Crippen molar-refractivity contribution in [3.8, 4) is 5.75 Å². The molecule has 0 unspecified atom stereocenters. The summed E-state index contributed by atoms with van der Waals surface area (Å²) >= 11 is 0. The lowest BCUT2D eigenvalue weighted by molar-refractivity contribution is -0.128. The van der Waals surface area contributed by atoms with Crippen LogP contribution in [0, 0.1) is 5.41 Å². The predicted molar refractivity (Wildman–Crippen MR) is 144 cm³/mol. The number of hydrogen-bond donors (Lipinski definition) is 2. The smallest absolute Gasteiger partial charge is 0.252 e. The van der Waals surface area contributed by atoms with Crippen LogP contribution in [0.3, 0.4) is 0 Å². The molecule has 0 bridgehead atoms. The van der Waals surface area contributed by atoms with Gasteiger partial charge in [-0.2, -0.15) is 0 Å². The van der Waals surface area contributed by atoms with Crippen molar-refractivity contribution in [2.75, 3.05) is 19.8 Å². The molecule has 0 saturated carbocycles. The van der Waals surface area contributed by atoms with Gasteiger partial charge in [0, 0.05) is 36.5 Å². The zero-order valence-electron chi connectivity index (χ0n) is 22.1. The number of aliphatic imine (C=N–C) groups is 1. The van der Waals surface area contributed by atoms with E-state index in [0.717, 1.165) is 23.1 Å². The van der Waals surface area contributed by atoms with Crippen molar-refractivity contribution >= 4 is 11.8 Å². The van der Waals surface area contributed by atoms with Gasteiger partial charge < -0.3 is 19.9 Å². The molecule has 1 aliphatic heterocycles. The average Bonchev–Trinajstić information content (AvgIpc) is 3.20. The van der Waals surface area contributed by atoms with E-state index in [2.05, 4.69) is 36.1 Å². The minimum Gasteiger partial charge on any atom is -0.494 e. The second-order valence-electron chi connectivity index (χ2n) is 10.5. The van der Waals surface area contributed by atoms with Gasteiger partial charge >= 0.3 is 0 Å². The molecule has 0 aromatic heterocycles. The third-order valence-corrected chi connectivity index (χ3v) is 6.37. The summed E-state index contributed by atoms with van der Waals surface area (Å²) in [7, 11) is 0. The Kier molecular flexibility index (Phi) is 9.55. The molecule has 0 saturated heterocycles. The lowest BCUT2D eigenvalue weighted by Crippen LogP contribution is -2.53. The first-order valence-electron chi connectivity index (χ1n) is 12.6. The number of aliphatic hydroxyl groups excluding tert-OH is 1. The molecule has 1 aliphatic rings. The number of hydrogen-bond acceptors (Lipinski definition) is 6. The Morgan fingerprint density at radius 2 is 1.92 bits per heavy atom. The number of benzene rings is 2. The van der Waals surface area contributed by atoms with E-state index in [-0.39, 0.29) is 24.5 Å². The number of carbonyl (C=O) groups excluding carboxylic acids is 1. The number of ether oxygens (including phenoxy) is 2. The monoisotopic (exact) mass is 507 g/mol. The van der Waals surface area contributed by atoms with Crippen LogP contribution in [0.1, 0.15) is 57.2 Å². The topological polar surface area (TPSA) is 129 Å².